The van der Waals surface area contributed by atoms with E-state index in [9.17, 15) is 4.39 Å². The molecule has 1 atom stereocenters. The van der Waals surface area contributed by atoms with E-state index < -0.39 is 0 Å². The Labute approximate surface area is 134 Å². The molecule has 21 heavy (non-hydrogen) atoms. The largest absolute Gasteiger partial charge is 0.313 e. The van der Waals surface area contributed by atoms with Crippen molar-refractivity contribution in [2.75, 3.05) is 20.6 Å². The molecule has 0 saturated heterocycles. The monoisotopic (exact) mass is 326 g/mol. The number of nitrogens with zero attached hydrogens (tertiary/aromatic N) is 1. The molecule has 0 aliphatic carbocycles. The molecule has 1 unspecified atom stereocenters. The Morgan fingerprint density at radius 3 is 2.52 bits per heavy atom. The molecule has 114 valence electrons. The first-order chi connectivity index (χ1) is 10.1. The maximum Gasteiger partial charge on any atom is 0.123 e. The molecule has 1 aromatic heterocycles. The maximum atomic E-state index is 13.0. The van der Waals surface area contributed by atoms with Crippen molar-refractivity contribution < 1.29 is 4.39 Å². The quantitative estimate of drug-likeness (QED) is 0.815. The fourth-order valence-electron chi connectivity index (χ4n) is 2.30. The van der Waals surface area contributed by atoms with Crippen molar-refractivity contribution in [2.45, 2.75) is 19.0 Å². The fraction of sp³-hybridized carbons (Fsp3) is 0.375. The van der Waals surface area contributed by atoms with Crippen LogP contribution in [0.4, 0.5) is 4.39 Å². The van der Waals surface area contributed by atoms with Gasteiger partial charge in [-0.2, -0.15) is 0 Å². The van der Waals surface area contributed by atoms with Crippen LogP contribution >= 0.6 is 22.9 Å². The molecule has 0 spiro atoms. The second kappa shape index (κ2) is 7.90. The van der Waals surface area contributed by atoms with Crippen LogP contribution in [0.5, 0.6) is 0 Å². The molecule has 1 aromatic carbocycles. The van der Waals surface area contributed by atoms with Gasteiger partial charge in [0.1, 0.15) is 5.82 Å². The minimum Gasteiger partial charge on any atom is -0.313 e. The lowest BCUT2D eigenvalue weighted by Crippen LogP contribution is -2.25. The van der Waals surface area contributed by atoms with Gasteiger partial charge in [-0.05, 0) is 50.3 Å². The lowest BCUT2D eigenvalue weighted by molar-refractivity contribution is 0.306. The van der Waals surface area contributed by atoms with Gasteiger partial charge in [0.2, 0.25) is 0 Å². The topological polar surface area (TPSA) is 15.3 Å². The third-order valence-corrected chi connectivity index (χ3v) is 4.69. The zero-order chi connectivity index (χ0) is 15.2. The van der Waals surface area contributed by atoms with Gasteiger partial charge >= 0.3 is 0 Å². The van der Waals surface area contributed by atoms with Crippen LogP contribution in [0.2, 0.25) is 4.34 Å². The molecule has 0 aliphatic rings. The molecule has 2 aromatic rings. The van der Waals surface area contributed by atoms with Crippen LogP contribution in [-0.4, -0.2) is 25.5 Å². The SMILES string of the molecule is CNC(CCN(C)Cc1ccc(Cl)s1)c1ccc(F)cc1. The molecule has 2 nitrogen and oxygen atoms in total. The third-order valence-electron chi connectivity index (χ3n) is 3.47. The summed E-state index contributed by atoms with van der Waals surface area (Å²) in [5, 5.41) is 3.29. The van der Waals surface area contributed by atoms with Crippen molar-refractivity contribution in [1.82, 2.24) is 10.2 Å². The predicted molar refractivity (Wildman–Crippen MR) is 88.5 cm³/mol. The Morgan fingerprint density at radius 1 is 1.24 bits per heavy atom. The lowest BCUT2D eigenvalue weighted by atomic mass is 10.0. The highest BCUT2D eigenvalue weighted by Crippen LogP contribution is 2.23. The van der Waals surface area contributed by atoms with E-state index >= 15 is 0 Å². The molecule has 1 heterocycles. The summed E-state index contributed by atoms with van der Waals surface area (Å²) in [6.45, 7) is 1.86. The van der Waals surface area contributed by atoms with Gasteiger partial charge in [0, 0.05) is 24.0 Å². The summed E-state index contributed by atoms with van der Waals surface area (Å²) in [5.74, 6) is -0.194. The van der Waals surface area contributed by atoms with Crippen molar-refractivity contribution in [3.8, 4) is 0 Å². The number of hydrogen-bond donors (Lipinski definition) is 1. The number of halogens is 2. The van der Waals surface area contributed by atoms with E-state index in [1.54, 1.807) is 11.3 Å². The van der Waals surface area contributed by atoms with Gasteiger partial charge in [-0.25, -0.2) is 4.39 Å². The van der Waals surface area contributed by atoms with Crippen LogP contribution in [0.25, 0.3) is 0 Å². The zero-order valence-corrected chi connectivity index (χ0v) is 13.8. The van der Waals surface area contributed by atoms with Crippen LogP contribution in [-0.2, 0) is 6.54 Å². The molecule has 0 radical (unpaired) electrons. The summed E-state index contributed by atoms with van der Waals surface area (Å²) in [6, 6.07) is 10.9. The molecule has 1 N–H and O–H groups in total. The van der Waals surface area contributed by atoms with Gasteiger partial charge in [-0.15, -0.1) is 11.3 Å². The average molecular weight is 327 g/mol. The van der Waals surface area contributed by atoms with E-state index in [1.165, 1.54) is 17.0 Å². The highest BCUT2D eigenvalue weighted by molar-refractivity contribution is 7.16. The molecule has 0 aliphatic heterocycles. The van der Waals surface area contributed by atoms with E-state index in [-0.39, 0.29) is 11.9 Å². The Hall–Kier alpha value is -0.940. The fourth-order valence-corrected chi connectivity index (χ4v) is 3.47. The number of thiophene rings is 1. The first-order valence-corrected chi connectivity index (χ1v) is 8.13. The second-order valence-electron chi connectivity index (χ2n) is 5.13. The molecule has 0 amide bonds. The maximum absolute atomic E-state index is 13.0. The van der Waals surface area contributed by atoms with Gasteiger partial charge in [0.15, 0.2) is 0 Å². The van der Waals surface area contributed by atoms with Gasteiger partial charge in [0.05, 0.1) is 4.34 Å². The molecule has 0 fully saturated rings. The Morgan fingerprint density at radius 2 is 1.95 bits per heavy atom. The Bertz CT molecular complexity index is 556. The summed E-state index contributed by atoms with van der Waals surface area (Å²) < 4.78 is 13.8. The average Bonchev–Trinajstić information content (AvgIpc) is 2.86. The molecular formula is C16H20ClFN2S. The first-order valence-electron chi connectivity index (χ1n) is 6.94. The number of benzene rings is 1. The Kier molecular flexibility index (Phi) is 6.18. The van der Waals surface area contributed by atoms with Crippen molar-refractivity contribution >= 4 is 22.9 Å². The van der Waals surface area contributed by atoms with E-state index in [1.807, 2.05) is 25.2 Å². The number of rotatable bonds is 7. The summed E-state index contributed by atoms with van der Waals surface area (Å²) in [4.78, 5) is 3.54. The summed E-state index contributed by atoms with van der Waals surface area (Å²) in [6.07, 6.45) is 0.970. The number of nitrogens with one attached hydrogen (secondary N) is 1. The van der Waals surface area contributed by atoms with Crippen molar-refractivity contribution in [3.05, 3.63) is 57.0 Å². The molecule has 2 rings (SSSR count). The molecular weight excluding hydrogens is 307 g/mol. The molecule has 0 saturated carbocycles. The van der Waals surface area contributed by atoms with Gasteiger partial charge in [-0.3, -0.25) is 0 Å². The van der Waals surface area contributed by atoms with Crippen LogP contribution in [0.3, 0.4) is 0 Å². The summed E-state index contributed by atoms with van der Waals surface area (Å²) in [7, 11) is 4.04. The number of hydrogen-bond acceptors (Lipinski definition) is 3. The van der Waals surface area contributed by atoms with E-state index in [0.717, 1.165) is 29.4 Å². The van der Waals surface area contributed by atoms with Gasteiger partial charge in [0.25, 0.3) is 0 Å². The van der Waals surface area contributed by atoms with Crippen LogP contribution in [0.1, 0.15) is 22.9 Å². The van der Waals surface area contributed by atoms with E-state index in [2.05, 4.69) is 23.3 Å². The van der Waals surface area contributed by atoms with Crippen molar-refractivity contribution in [3.63, 3.8) is 0 Å². The summed E-state index contributed by atoms with van der Waals surface area (Å²) in [5.41, 5.74) is 1.12. The van der Waals surface area contributed by atoms with Gasteiger partial charge in [-0.1, -0.05) is 23.7 Å². The minimum absolute atomic E-state index is 0.194. The van der Waals surface area contributed by atoms with Crippen LogP contribution in [0, 0.1) is 5.82 Å². The van der Waals surface area contributed by atoms with Crippen LogP contribution in [0.15, 0.2) is 36.4 Å². The normalized spacial score (nSPS) is 12.8. The van der Waals surface area contributed by atoms with Gasteiger partial charge < -0.3 is 10.2 Å². The van der Waals surface area contributed by atoms with E-state index in [0.29, 0.717) is 0 Å². The first kappa shape index (κ1) is 16.4. The molecule has 0 bridgehead atoms. The minimum atomic E-state index is -0.194. The Balaban J connectivity index is 1.86. The molecule has 5 heteroatoms. The van der Waals surface area contributed by atoms with Crippen molar-refractivity contribution in [1.29, 1.82) is 0 Å². The lowest BCUT2D eigenvalue weighted by Gasteiger charge is -2.21. The highest BCUT2D eigenvalue weighted by Gasteiger charge is 2.11. The summed E-state index contributed by atoms with van der Waals surface area (Å²) >= 11 is 7.57. The third kappa shape index (κ3) is 5.08. The zero-order valence-electron chi connectivity index (χ0n) is 12.3. The van der Waals surface area contributed by atoms with Crippen LogP contribution < -0.4 is 5.32 Å². The van der Waals surface area contributed by atoms with Crippen molar-refractivity contribution in [2.24, 2.45) is 0 Å². The standard InChI is InChI=1S/C16H20ClFN2S/c1-19-15(12-3-5-13(18)6-4-12)9-10-20(2)11-14-7-8-16(17)21-14/h3-8,15,19H,9-11H2,1-2H3. The predicted octanol–water partition coefficient (Wildman–Crippen LogP) is 4.32. The highest BCUT2D eigenvalue weighted by atomic mass is 35.5. The smallest absolute Gasteiger partial charge is 0.123 e. The second-order valence-corrected chi connectivity index (χ2v) is 6.92. The van der Waals surface area contributed by atoms with E-state index in [4.69, 9.17) is 11.6 Å².